The number of rotatable bonds is 8. The summed E-state index contributed by atoms with van der Waals surface area (Å²) in [5.41, 5.74) is -8.03. The first-order chi connectivity index (χ1) is 27.0. The summed E-state index contributed by atoms with van der Waals surface area (Å²) in [5.74, 6) is -5.55. The summed E-state index contributed by atoms with van der Waals surface area (Å²) in [4.78, 5) is 69.3. The molecule has 1 heterocycles. The Morgan fingerprint density at radius 3 is 2.09 bits per heavy atom. The number of aliphatic hydroxyl groups excluding tert-OH is 3. The molecule has 5 aliphatic carbocycles. The quantitative estimate of drug-likeness (QED) is 0.134. The van der Waals surface area contributed by atoms with E-state index in [2.05, 4.69) is 5.32 Å². The molecule has 15 nitrogen and oxygen atoms in total. The molecule has 5 fully saturated rings. The van der Waals surface area contributed by atoms with Gasteiger partial charge in [-0.25, -0.2) is 9.59 Å². The highest BCUT2D eigenvalue weighted by atomic mass is 16.6. The highest BCUT2D eigenvalue weighted by molar-refractivity contribution is 5.93. The molecule has 0 aromatic rings. The van der Waals surface area contributed by atoms with Gasteiger partial charge in [0, 0.05) is 25.2 Å². The van der Waals surface area contributed by atoms with E-state index in [-0.39, 0.29) is 30.1 Å². The number of aliphatic hydroxyl groups is 4. The van der Waals surface area contributed by atoms with Gasteiger partial charge in [-0.15, -0.1) is 0 Å². The van der Waals surface area contributed by atoms with Gasteiger partial charge in [-0.05, 0) is 77.4 Å². The molecule has 0 aromatic heterocycles. The Hall–Kier alpha value is -3.11. The maximum atomic E-state index is 15.0. The molecular weight excluding hydrogens is 754 g/mol. The lowest BCUT2D eigenvalue weighted by molar-refractivity contribution is -0.347. The van der Waals surface area contributed by atoms with Crippen LogP contribution in [0.25, 0.3) is 0 Å². The fourth-order valence-corrected chi connectivity index (χ4v) is 11.3. The molecule has 58 heavy (non-hydrogen) atoms. The summed E-state index contributed by atoms with van der Waals surface area (Å²) in [6, 6.07) is -1.08. The van der Waals surface area contributed by atoms with E-state index in [9.17, 15) is 44.4 Å². The number of carbonyl (C=O) groups excluding carboxylic acids is 5. The number of esters is 3. The van der Waals surface area contributed by atoms with Crippen LogP contribution in [0.15, 0.2) is 11.1 Å². The number of Topliss-reactive ketones (excluding diaryl/α,β-unsaturated/α-hetero) is 1. The van der Waals surface area contributed by atoms with E-state index in [1.54, 1.807) is 41.5 Å². The van der Waals surface area contributed by atoms with Crippen LogP contribution in [0, 0.1) is 28.6 Å². The standard InChI is InChI=1S/C43H65NO14/c1-22-26(55-37(51)32(48)30(24-15-11-9-12-16-24)44-38(52)58-39(3,4)5)20-43(53)35(56-36(50)25-17-13-10-14-18-25)33-41(8,34(49)31(47)29(22)40(43,6)7)27(46)19-28-42(33,21-54-28)57-23(2)45/h24-28,30-33,35,46-48,53H,9-21H2,1-8H3,(H,44,52)/t26-,27-,28+,30-,31+,32+,33-,35-,41+,42-,43+/m0/s1. The zero-order chi connectivity index (χ0) is 42.7. The second kappa shape index (κ2) is 16.1. The third-order valence-electron chi connectivity index (χ3n) is 14.5. The van der Waals surface area contributed by atoms with Gasteiger partial charge in [0.25, 0.3) is 0 Å². The first-order valence-electron chi connectivity index (χ1n) is 21.2. The molecule has 0 radical (unpaired) electrons. The zero-order valence-electron chi connectivity index (χ0n) is 35.3. The highest BCUT2D eigenvalue weighted by Crippen LogP contribution is 2.64. The van der Waals surface area contributed by atoms with Crippen LogP contribution < -0.4 is 5.32 Å². The average molecular weight is 820 g/mol. The van der Waals surface area contributed by atoms with Crippen molar-refractivity contribution in [3.63, 3.8) is 0 Å². The van der Waals surface area contributed by atoms with Crippen molar-refractivity contribution < 1.29 is 68.1 Å². The lowest BCUT2D eigenvalue weighted by Gasteiger charge is -2.67. The minimum absolute atomic E-state index is 0.00774. The number of alkyl carbamates (subject to hydrolysis) is 1. The fraction of sp³-hybridized carbons (Fsp3) is 0.837. The zero-order valence-corrected chi connectivity index (χ0v) is 35.3. The van der Waals surface area contributed by atoms with E-state index >= 15 is 0 Å². The number of ketones is 1. The van der Waals surface area contributed by atoms with Gasteiger partial charge >= 0.3 is 24.0 Å². The Bertz CT molecular complexity index is 1660. The van der Waals surface area contributed by atoms with Crippen LogP contribution >= 0.6 is 0 Å². The third-order valence-corrected chi connectivity index (χ3v) is 14.5. The lowest BCUT2D eigenvalue weighted by Crippen LogP contribution is -2.81. The van der Waals surface area contributed by atoms with Crippen molar-refractivity contribution in [2.75, 3.05) is 6.61 Å². The Balaban J connectivity index is 1.45. The Morgan fingerprint density at radius 1 is 0.931 bits per heavy atom. The molecule has 1 aliphatic heterocycles. The lowest BCUT2D eigenvalue weighted by atomic mass is 9.44. The summed E-state index contributed by atoms with van der Waals surface area (Å²) >= 11 is 0. The molecule has 6 aliphatic rings. The van der Waals surface area contributed by atoms with E-state index in [4.69, 9.17) is 23.7 Å². The third kappa shape index (κ3) is 7.60. The van der Waals surface area contributed by atoms with Crippen molar-refractivity contribution in [3.8, 4) is 0 Å². The van der Waals surface area contributed by atoms with Gasteiger partial charge in [0.15, 0.2) is 17.5 Å². The van der Waals surface area contributed by atoms with Crippen molar-refractivity contribution >= 4 is 29.8 Å². The van der Waals surface area contributed by atoms with E-state index in [0.29, 0.717) is 25.7 Å². The number of carbonyl (C=O) groups is 5. The van der Waals surface area contributed by atoms with Crippen LogP contribution in [0.2, 0.25) is 0 Å². The largest absolute Gasteiger partial charge is 0.459 e. The highest BCUT2D eigenvalue weighted by Gasteiger charge is 2.78. The Labute approximate surface area is 340 Å². The molecule has 15 heteroatoms. The summed E-state index contributed by atoms with van der Waals surface area (Å²) in [7, 11) is 0. The molecule has 6 rings (SSSR count). The fourth-order valence-electron chi connectivity index (χ4n) is 11.3. The van der Waals surface area contributed by atoms with Gasteiger partial charge in [-0.2, -0.15) is 0 Å². The topological polar surface area (TPSA) is 224 Å². The van der Waals surface area contributed by atoms with Gasteiger partial charge in [-0.3, -0.25) is 14.4 Å². The van der Waals surface area contributed by atoms with Gasteiger partial charge in [0.05, 0.1) is 36.0 Å². The molecular formula is C43H65NO14. The van der Waals surface area contributed by atoms with E-state index in [1.807, 2.05) is 0 Å². The van der Waals surface area contributed by atoms with Gasteiger partial charge in [0.1, 0.15) is 35.6 Å². The Kier molecular flexibility index (Phi) is 12.3. The second-order valence-corrected chi connectivity index (χ2v) is 19.6. The molecule has 1 saturated heterocycles. The average Bonchev–Trinajstić information content (AvgIpc) is 3.14. The van der Waals surface area contributed by atoms with Crippen molar-refractivity contribution in [3.05, 3.63) is 11.1 Å². The second-order valence-electron chi connectivity index (χ2n) is 19.6. The van der Waals surface area contributed by atoms with Crippen LogP contribution in [0.5, 0.6) is 0 Å². The number of nitrogens with one attached hydrogen (secondary N) is 1. The summed E-state index contributed by atoms with van der Waals surface area (Å²) < 4.78 is 30.0. The maximum Gasteiger partial charge on any atom is 0.407 e. The van der Waals surface area contributed by atoms with Crippen molar-refractivity contribution in [2.45, 2.75) is 192 Å². The molecule has 11 atom stereocenters. The number of hydrogen-bond acceptors (Lipinski definition) is 14. The van der Waals surface area contributed by atoms with Crippen molar-refractivity contribution in [1.82, 2.24) is 5.32 Å². The molecule has 0 spiro atoms. The summed E-state index contributed by atoms with van der Waals surface area (Å²) in [6.07, 6.45) is -3.18. The normalized spacial score (nSPS) is 37.7. The van der Waals surface area contributed by atoms with Crippen LogP contribution in [0.1, 0.15) is 132 Å². The van der Waals surface area contributed by atoms with E-state index in [0.717, 1.165) is 38.5 Å². The molecule has 5 N–H and O–H groups in total. The minimum atomic E-state index is -2.25. The van der Waals surface area contributed by atoms with E-state index in [1.165, 1.54) is 13.8 Å². The molecule has 2 bridgehead atoms. The molecule has 0 unspecified atom stereocenters. The van der Waals surface area contributed by atoms with Crippen LogP contribution in [0.4, 0.5) is 4.79 Å². The molecule has 326 valence electrons. The first kappa shape index (κ1) is 44.4. The van der Waals surface area contributed by atoms with Crippen LogP contribution in [-0.2, 0) is 42.9 Å². The number of amides is 1. The predicted octanol–water partition coefficient (Wildman–Crippen LogP) is 3.73. The molecule has 4 saturated carbocycles. The van der Waals surface area contributed by atoms with Gasteiger partial charge in [-0.1, -0.05) is 52.4 Å². The Morgan fingerprint density at radius 2 is 1.53 bits per heavy atom. The van der Waals surface area contributed by atoms with Crippen LogP contribution in [-0.4, -0.2) is 116 Å². The molecule has 1 amide bonds. The van der Waals surface area contributed by atoms with Crippen molar-refractivity contribution in [1.29, 1.82) is 0 Å². The number of fused-ring (bicyclic) bond motifs is 5. The SMILES string of the molecule is CC(=O)O[C@@]12CO[C@@H]1C[C@H](O)[C@@]1(C)C(=O)[C@H](O)C3=C(C)[C@@H](OC(=O)[C@H](O)[C@@H](NC(=O)OC(C)(C)C)C4CCCCC4)C[C@@](O)([C@@H](OC(=O)C4CCCCC4)[C@H]21)C3(C)C. The monoisotopic (exact) mass is 819 g/mol. The van der Waals surface area contributed by atoms with Crippen molar-refractivity contribution in [2.24, 2.45) is 28.6 Å². The summed E-state index contributed by atoms with van der Waals surface area (Å²) in [5, 5.41) is 52.0. The number of hydrogen-bond donors (Lipinski definition) is 5. The van der Waals surface area contributed by atoms with Gasteiger partial charge < -0.3 is 49.4 Å². The van der Waals surface area contributed by atoms with E-state index < -0.39 is 118 Å². The predicted molar refractivity (Wildman–Crippen MR) is 206 cm³/mol. The smallest absolute Gasteiger partial charge is 0.407 e. The number of ether oxygens (including phenoxy) is 5. The maximum absolute atomic E-state index is 15.0. The summed E-state index contributed by atoms with van der Waals surface area (Å²) in [6.45, 7) is 12.3. The molecule has 0 aromatic carbocycles. The van der Waals surface area contributed by atoms with Crippen LogP contribution in [0.3, 0.4) is 0 Å². The minimum Gasteiger partial charge on any atom is -0.459 e. The first-order valence-corrected chi connectivity index (χ1v) is 21.2. The van der Waals surface area contributed by atoms with Gasteiger partial charge in [0.2, 0.25) is 0 Å².